The van der Waals surface area contributed by atoms with E-state index in [1.54, 1.807) is 18.2 Å². The second-order valence-electron chi connectivity index (χ2n) is 7.39. The van der Waals surface area contributed by atoms with Gasteiger partial charge in [0.15, 0.2) is 11.0 Å². The maximum absolute atomic E-state index is 12.4. The Hall–Kier alpha value is -2.16. The first-order chi connectivity index (χ1) is 16.8. The minimum Gasteiger partial charge on any atom is -0.506 e. The van der Waals surface area contributed by atoms with Crippen LogP contribution in [0.15, 0.2) is 70.9 Å². The number of phenols is 1. The lowest BCUT2D eigenvalue weighted by Gasteiger charge is -2.10. The van der Waals surface area contributed by atoms with Gasteiger partial charge in [-0.3, -0.25) is 9.36 Å². The topological polar surface area (TPSA) is 92.4 Å². The van der Waals surface area contributed by atoms with Crippen LogP contribution in [0.5, 0.6) is 5.75 Å². The Morgan fingerprint density at radius 1 is 1.14 bits per heavy atom. The molecular formula is C24H18ClI2N5O2S. The highest BCUT2D eigenvalue weighted by Crippen LogP contribution is 2.29. The molecule has 0 bridgehead atoms. The van der Waals surface area contributed by atoms with Crippen LogP contribution in [0.1, 0.15) is 11.1 Å². The minimum absolute atomic E-state index is 0.0811. The number of aromatic hydroxyl groups is 1. The molecule has 1 heterocycles. The molecule has 0 saturated heterocycles. The fraction of sp³-hybridized carbons (Fsp3) is 0.0833. The van der Waals surface area contributed by atoms with E-state index in [2.05, 4.69) is 43.3 Å². The molecule has 0 aliphatic rings. The Morgan fingerprint density at radius 3 is 2.57 bits per heavy atom. The van der Waals surface area contributed by atoms with Crippen molar-refractivity contribution >= 4 is 80.7 Å². The molecule has 1 aromatic heterocycles. The molecule has 35 heavy (non-hydrogen) atoms. The van der Waals surface area contributed by atoms with Gasteiger partial charge in [0.05, 0.1) is 15.5 Å². The van der Waals surface area contributed by atoms with Gasteiger partial charge in [-0.05, 0) is 101 Å². The van der Waals surface area contributed by atoms with E-state index in [1.807, 2.05) is 76.5 Å². The molecule has 178 valence electrons. The number of carbonyl (C=O) groups is 1. The number of aryl methyl sites for hydroxylation is 1. The van der Waals surface area contributed by atoms with Crippen LogP contribution in [0.25, 0.3) is 17.1 Å². The molecule has 0 saturated carbocycles. The number of hydrogen-bond acceptors (Lipinski definition) is 6. The number of aromatic nitrogens is 3. The predicted molar refractivity (Wildman–Crippen MR) is 157 cm³/mol. The van der Waals surface area contributed by atoms with Crippen LogP contribution in [-0.2, 0) is 4.79 Å². The van der Waals surface area contributed by atoms with E-state index in [0.29, 0.717) is 25.1 Å². The van der Waals surface area contributed by atoms with Crippen molar-refractivity contribution in [1.82, 2.24) is 20.2 Å². The average Bonchev–Trinajstić information content (AvgIpc) is 3.25. The van der Waals surface area contributed by atoms with Gasteiger partial charge in [0.1, 0.15) is 5.75 Å². The molecular weight excluding hydrogens is 712 g/mol. The predicted octanol–water partition coefficient (Wildman–Crippen LogP) is 6.05. The number of amides is 1. The Balaban J connectivity index is 1.51. The molecule has 0 unspecified atom stereocenters. The Labute approximate surface area is 238 Å². The van der Waals surface area contributed by atoms with Crippen molar-refractivity contribution in [2.45, 2.75) is 12.1 Å². The monoisotopic (exact) mass is 729 g/mol. The molecule has 1 amide bonds. The lowest BCUT2D eigenvalue weighted by atomic mass is 10.2. The number of phenolic OH excluding ortho intramolecular Hbond substituents is 1. The van der Waals surface area contributed by atoms with Gasteiger partial charge in [0, 0.05) is 25.4 Å². The smallest absolute Gasteiger partial charge is 0.250 e. The first-order valence-electron chi connectivity index (χ1n) is 10.2. The normalized spacial score (nSPS) is 11.2. The zero-order valence-electron chi connectivity index (χ0n) is 18.2. The molecule has 11 heteroatoms. The summed E-state index contributed by atoms with van der Waals surface area (Å²) >= 11 is 11.5. The second kappa shape index (κ2) is 11.7. The maximum atomic E-state index is 12.4. The molecule has 0 aliphatic heterocycles. The summed E-state index contributed by atoms with van der Waals surface area (Å²) in [4.78, 5) is 12.4. The standard InChI is InChI=1S/C24H18ClI2N5O2S/c1-14-2-8-19(9-3-14)32-23(15-4-6-17(25)7-5-15)30-31-24(32)35-13-21(33)29-28-12-16-10-18(26)11-20(27)22(16)34/h2-12,34H,13H2,1H3,(H,29,33)/b28-12+. The number of thioether (sulfide) groups is 1. The number of hydrazone groups is 1. The van der Waals surface area contributed by atoms with Crippen LogP contribution in [-0.4, -0.2) is 37.7 Å². The average molecular weight is 730 g/mol. The van der Waals surface area contributed by atoms with Gasteiger partial charge in [-0.2, -0.15) is 5.10 Å². The number of rotatable bonds is 7. The third-order valence-electron chi connectivity index (χ3n) is 4.81. The lowest BCUT2D eigenvalue weighted by molar-refractivity contribution is -0.118. The summed E-state index contributed by atoms with van der Waals surface area (Å²) in [7, 11) is 0. The fourth-order valence-electron chi connectivity index (χ4n) is 3.10. The summed E-state index contributed by atoms with van der Waals surface area (Å²) in [6.07, 6.45) is 1.43. The highest BCUT2D eigenvalue weighted by atomic mass is 127. The van der Waals surface area contributed by atoms with E-state index in [4.69, 9.17) is 11.6 Å². The molecule has 0 fully saturated rings. The summed E-state index contributed by atoms with van der Waals surface area (Å²) in [5.41, 5.74) is 5.90. The summed E-state index contributed by atoms with van der Waals surface area (Å²) in [5, 5.41) is 24.1. The Bertz CT molecular complexity index is 1390. The van der Waals surface area contributed by atoms with Crippen molar-refractivity contribution in [2.75, 3.05) is 5.75 Å². The molecule has 7 nitrogen and oxygen atoms in total. The number of carbonyl (C=O) groups excluding carboxylic acids is 1. The molecule has 0 atom stereocenters. The van der Waals surface area contributed by atoms with Gasteiger partial charge in [-0.1, -0.05) is 41.1 Å². The van der Waals surface area contributed by atoms with Gasteiger partial charge in [0.25, 0.3) is 5.91 Å². The van der Waals surface area contributed by atoms with E-state index in [0.717, 1.165) is 20.4 Å². The number of benzene rings is 3. The molecule has 0 radical (unpaired) electrons. The first-order valence-corrected chi connectivity index (χ1v) is 13.7. The van der Waals surface area contributed by atoms with E-state index < -0.39 is 0 Å². The van der Waals surface area contributed by atoms with E-state index in [1.165, 1.54) is 18.0 Å². The fourth-order valence-corrected chi connectivity index (χ4v) is 5.86. The van der Waals surface area contributed by atoms with Gasteiger partial charge in [-0.15, -0.1) is 10.2 Å². The molecule has 4 aromatic rings. The first kappa shape index (κ1) is 25.9. The third-order valence-corrected chi connectivity index (χ3v) is 7.44. The SMILES string of the molecule is Cc1ccc(-n2c(SCC(=O)N/N=C/c3cc(I)cc(I)c3O)nnc2-c2ccc(Cl)cc2)cc1. The van der Waals surface area contributed by atoms with Crippen molar-refractivity contribution in [1.29, 1.82) is 0 Å². The largest absolute Gasteiger partial charge is 0.506 e. The quantitative estimate of drug-likeness (QED) is 0.105. The molecule has 2 N–H and O–H groups in total. The Kier molecular flexibility index (Phi) is 8.68. The van der Waals surface area contributed by atoms with Crippen LogP contribution >= 0.6 is 68.5 Å². The molecule has 4 rings (SSSR count). The zero-order chi connectivity index (χ0) is 24.9. The van der Waals surface area contributed by atoms with Crippen molar-refractivity contribution in [2.24, 2.45) is 5.10 Å². The molecule has 3 aromatic carbocycles. The van der Waals surface area contributed by atoms with E-state index >= 15 is 0 Å². The highest BCUT2D eigenvalue weighted by molar-refractivity contribution is 14.1. The lowest BCUT2D eigenvalue weighted by Crippen LogP contribution is -2.20. The minimum atomic E-state index is -0.308. The zero-order valence-corrected chi connectivity index (χ0v) is 24.1. The van der Waals surface area contributed by atoms with Crippen LogP contribution < -0.4 is 5.43 Å². The van der Waals surface area contributed by atoms with Crippen LogP contribution in [0.2, 0.25) is 5.02 Å². The number of halogens is 3. The highest BCUT2D eigenvalue weighted by Gasteiger charge is 2.17. The van der Waals surface area contributed by atoms with Crippen molar-refractivity contribution in [3.8, 4) is 22.8 Å². The van der Waals surface area contributed by atoms with E-state index in [-0.39, 0.29) is 17.4 Å². The summed E-state index contributed by atoms with van der Waals surface area (Å²) in [6.45, 7) is 2.02. The van der Waals surface area contributed by atoms with Gasteiger partial charge in [0.2, 0.25) is 0 Å². The third kappa shape index (κ3) is 6.54. The number of hydrogen-bond donors (Lipinski definition) is 2. The van der Waals surface area contributed by atoms with Crippen LogP contribution in [0, 0.1) is 14.1 Å². The van der Waals surface area contributed by atoms with Gasteiger partial charge in [-0.25, -0.2) is 5.43 Å². The van der Waals surface area contributed by atoms with Crippen molar-refractivity contribution in [3.05, 3.63) is 84.0 Å². The van der Waals surface area contributed by atoms with Crippen molar-refractivity contribution < 1.29 is 9.90 Å². The summed E-state index contributed by atoms with van der Waals surface area (Å²) in [6, 6.07) is 19.0. The van der Waals surface area contributed by atoms with Crippen molar-refractivity contribution in [3.63, 3.8) is 0 Å². The molecule has 0 spiro atoms. The summed E-state index contributed by atoms with van der Waals surface area (Å²) in [5.74, 6) is 0.546. The molecule has 0 aliphatic carbocycles. The Morgan fingerprint density at radius 2 is 1.86 bits per heavy atom. The van der Waals surface area contributed by atoms with Gasteiger partial charge < -0.3 is 5.11 Å². The second-order valence-corrected chi connectivity index (χ2v) is 11.2. The van der Waals surface area contributed by atoms with Gasteiger partial charge >= 0.3 is 0 Å². The summed E-state index contributed by atoms with van der Waals surface area (Å²) < 4.78 is 3.58. The van der Waals surface area contributed by atoms with E-state index in [9.17, 15) is 9.90 Å². The number of nitrogens with one attached hydrogen (secondary N) is 1. The van der Waals surface area contributed by atoms with Crippen LogP contribution in [0.3, 0.4) is 0 Å². The maximum Gasteiger partial charge on any atom is 0.250 e. The van der Waals surface area contributed by atoms with Crippen LogP contribution in [0.4, 0.5) is 0 Å². The number of nitrogens with zero attached hydrogens (tertiary/aromatic N) is 4.